The Kier molecular flexibility index (Phi) is 7.14. The summed E-state index contributed by atoms with van der Waals surface area (Å²) in [5, 5.41) is 15.7. The van der Waals surface area contributed by atoms with E-state index in [1.165, 1.54) is 37.8 Å². The van der Waals surface area contributed by atoms with E-state index in [9.17, 15) is 9.90 Å². The minimum Gasteiger partial charge on any atom is -0.497 e. The van der Waals surface area contributed by atoms with E-state index in [1.54, 1.807) is 7.11 Å². The number of carbonyl (C=O) groups is 1. The molecule has 5 nitrogen and oxygen atoms in total. The number of carboxylic acid groups (broad SMARTS) is 1. The Hall–Kier alpha value is -2.04. The van der Waals surface area contributed by atoms with Crippen molar-refractivity contribution in [3.8, 4) is 5.75 Å². The number of methoxy groups -OCH3 is 1. The SMILES string of the molecule is COc1cccc(N/N=C2\CC[C@]3(C)[C@H]4CCC5[C@H]6[C@H](C(C)C)CCC6(C(=O)O)CC[C@@]5(C)[C@]4(C)CC[C@H]3C2(C)C)c1. The fourth-order valence-electron chi connectivity index (χ4n) is 12.6. The number of hydrogen-bond acceptors (Lipinski definition) is 4. The van der Waals surface area contributed by atoms with Gasteiger partial charge < -0.3 is 9.84 Å². The number of benzene rings is 1. The van der Waals surface area contributed by atoms with E-state index in [1.807, 2.05) is 18.2 Å². The van der Waals surface area contributed by atoms with Crippen LogP contribution in [0.5, 0.6) is 5.75 Å². The van der Waals surface area contributed by atoms with Crippen LogP contribution in [0.4, 0.5) is 5.69 Å². The first kappa shape index (κ1) is 30.0. The van der Waals surface area contributed by atoms with Crippen molar-refractivity contribution in [2.24, 2.45) is 67.7 Å². The van der Waals surface area contributed by atoms with Crippen molar-refractivity contribution in [1.29, 1.82) is 0 Å². The zero-order chi connectivity index (χ0) is 30.3. The van der Waals surface area contributed by atoms with Gasteiger partial charge in [-0.25, -0.2) is 0 Å². The first-order chi connectivity index (χ1) is 19.7. The maximum absolute atomic E-state index is 13.0. The highest BCUT2D eigenvalue weighted by atomic mass is 16.5. The summed E-state index contributed by atoms with van der Waals surface area (Å²) in [5.41, 5.74) is 5.89. The highest BCUT2D eigenvalue weighted by Crippen LogP contribution is 2.77. The lowest BCUT2D eigenvalue weighted by Gasteiger charge is -2.72. The average Bonchev–Trinajstić information content (AvgIpc) is 3.34. The zero-order valence-electron chi connectivity index (χ0n) is 27.6. The predicted octanol–water partition coefficient (Wildman–Crippen LogP) is 9.29. The lowest BCUT2D eigenvalue weighted by molar-refractivity contribution is -0.232. The summed E-state index contributed by atoms with van der Waals surface area (Å²) in [5.74, 6) is 3.58. The summed E-state index contributed by atoms with van der Waals surface area (Å²) in [4.78, 5) is 13.0. The van der Waals surface area contributed by atoms with E-state index in [0.717, 1.165) is 43.5 Å². The molecule has 1 aromatic carbocycles. The third-order valence-corrected chi connectivity index (χ3v) is 14.9. The molecule has 0 aliphatic heterocycles. The number of fused-ring (bicyclic) bond motifs is 7. The lowest BCUT2D eigenvalue weighted by Crippen LogP contribution is -2.66. The Morgan fingerprint density at radius 1 is 0.952 bits per heavy atom. The van der Waals surface area contributed by atoms with Gasteiger partial charge in [-0.2, -0.15) is 5.10 Å². The number of rotatable bonds is 5. The molecule has 2 N–H and O–H groups in total. The molecular weight excluding hydrogens is 520 g/mol. The van der Waals surface area contributed by atoms with E-state index < -0.39 is 11.4 Å². The van der Waals surface area contributed by atoms with Gasteiger partial charge in [0.25, 0.3) is 0 Å². The Bertz CT molecular complexity index is 1260. The van der Waals surface area contributed by atoms with Crippen LogP contribution < -0.4 is 10.2 Å². The summed E-state index contributed by atoms with van der Waals surface area (Å²) in [6, 6.07) is 8.03. The van der Waals surface area contributed by atoms with E-state index in [-0.39, 0.29) is 21.7 Å². The van der Waals surface area contributed by atoms with Gasteiger partial charge in [0.05, 0.1) is 18.2 Å². The Morgan fingerprint density at radius 2 is 1.71 bits per heavy atom. The van der Waals surface area contributed by atoms with Crippen LogP contribution in [0.3, 0.4) is 0 Å². The predicted molar refractivity (Wildman–Crippen MR) is 171 cm³/mol. The summed E-state index contributed by atoms with van der Waals surface area (Å²) >= 11 is 0. The number of hydrogen-bond donors (Lipinski definition) is 2. The quantitative estimate of drug-likeness (QED) is 0.343. The van der Waals surface area contributed by atoms with Gasteiger partial charge in [-0.05, 0) is 128 Å². The van der Waals surface area contributed by atoms with Gasteiger partial charge in [-0.1, -0.05) is 54.5 Å². The zero-order valence-corrected chi connectivity index (χ0v) is 27.6. The first-order valence-electron chi connectivity index (χ1n) is 16.9. The number of ether oxygens (including phenoxy) is 1. The van der Waals surface area contributed by atoms with Gasteiger partial charge in [0, 0.05) is 17.2 Å². The number of anilines is 1. The van der Waals surface area contributed by atoms with Crippen LogP contribution in [0, 0.1) is 62.6 Å². The van der Waals surface area contributed by atoms with Crippen molar-refractivity contribution >= 4 is 17.4 Å². The molecule has 0 bridgehead atoms. The molecule has 5 fully saturated rings. The fourth-order valence-corrected chi connectivity index (χ4v) is 12.6. The molecule has 6 rings (SSSR count). The molecule has 42 heavy (non-hydrogen) atoms. The second-order valence-corrected chi connectivity index (χ2v) is 16.7. The Morgan fingerprint density at radius 3 is 2.40 bits per heavy atom. The molecular formula is C37H56N2O3. The normalized spacial score (nSPS) is 45.0. The van der Waals surface area contributed by atoms with E-state index >= 15 is 0 Å². The van der Waals surface area contributed by atoms with Crippen LogP contribution in [-0.4, -0.2) is 23.9 Å². The van der Waals surface area contributed by atoms with Crippen molar-refractivity contribution < 1.29 is 14.6 Å². The maximum Gasteiger partial charge on any atom is 0.309 e. The van der Waals surface area contributed by atoms with Gasteiger partial charge in [-0.3, -0.25) is 10.2 Å². The number of nitrogens with zero attached hydrogens (tertiary/aromatic N) is 1. The average molecular weight is 577 g/mol. The molecule has 232 valence electrons. The minimum absolute atomic E-state index is 0.0250. The molecule has 0 spiro atoms. The monoisotopic (exact) mass is 576 g/mol. The number of carboxylic acids is 1. The topological polar surface area (TPSA) is 70.9 Å². The molecule has 5 saturated carbocycles. The van der Waals surface area contributed by atoms with Crippen LogP contribution in [-0.2, 0) is 4.79 Å². The number of aliphatic carboxylic acids is 1. The van der Waals surface area contributed by atoms with Crippen LogP contribution in [0.25, 0.3) is 0 Å². The highest BCUT2D eigenvalue weighted by molar-refractivity contribution is 5.91. The molecule has 5 aliphatic carbocycles. The van der Waals surface area contributed by atoms with Gasteiger partial charge in [-0.15, -0.1) is 0 Å². The van der Waals surface area contributed by atoms with E-state index in [4.69, 9.17) is 9.84 Å². The van der Waals surface area contributed by atoms with Crippen molar-refractivity contribution in [2.45, 2.75) is 113 Å². The standard InChI is InChI=1S/C37H56N2O3/c1-23(2)26-14-19-37(32(40)41)21-20-35(6)27(31(26)37)12-13-29-34(5)17-16-30(33(3,4)28(34)15-18-36(29,35)7)39-38-24-10-9-11-25(22-24)42-8/h9-11,22-23,26-29,31,38H,12-21H2,1-8H3,(H,40,41)/b39-30+/t26-,27?,28-,29+,31+,34-,35+,36+,37?/m0/s1. The van der Waals surface area contributed by atoms with Crippen LogP contribution in [0.1, 0.15) is 113 Å². The van der Waals surface area contributed by atoms with Crippen molar-refractivity contribution in [2.75, 3.05) is 12.5 Å². The molecule has 5 heteroatoms. The smallest absolute Gasteiger partial charge is 0.309 e. The highest BCUT2D eigenvalue weighted by Gasteiger charge is 2.72. The van der Waals surface area contributed by atoms with Crippen molar-refractivity contribution in [1.82, 2.24) is 0 Å². The summed E-state index contributed by atoms with van der Waals surface area (Å²) in [7, 11) is 1.70. The summed E-state index contributed by atoms with van der Waals surface area (Å²) in [6.07, 6.45) is 11.1. The molecule has 0 amide bonds. The van der Waals surface area contributed by atoms with E-state index in [2.05, 4.69) is 60.0 Å². The van der Waals surface area contributed by atoms with Crippen molar-refractivity contribution in [3.05, 3.63) is 24.3 Å². The van der Waals surface area contributed by atoms with Crippen LogP contribution in [0.15, 0.2) is 29.4 Å². The molecule has 5 aliphatic rings. The molecule has 0 heterocycles. The molecule has 0 saturated heterocycles. The fraction of sp³-hybridized carbons (Fsp3) is 0.784. The minimum atomic E-state index is -0.496. The third kappa shape index (κ3) is 3.99. The second-order valence-electron chi connectivity index (χ2n) is 16.7. The van der Waals surface area contributed by atoms with Crippen LogP contribution in [0.2, 0.25) is 0 Å². The summed E-state index contributed by atoms with van der Waals surface area (Å²) < 4.78 is 5.42. The first-order valence-corrected chi connectivity index (χ1v) is 16.9. The number of hydrazone groups is 1. The van der Waals surface area contributed by atoms with E-state index in [0.29, 0.717) is 35.5 Å². The Balaban J connectivity index is 1.30. The van der Waals surface area contributed by atoms with Gasteiger partial charge in [0.2, 0.25) is 0 Å². The molecule has 0 aromatic heterocycles. The third-order valence-electron chi connectivity index (χ3n) is 14.9. The van der Waals surface area contributed by atoms with Crippen LogP contribution >= 0.6 is 0 Å². The Labute approximate surface area is 254 Å². The lowest BCUT2D eigenvalue weighted by atomic mass is 9.32. The second kappa shape index (κ2) is 9.99. The largest absolute Gasteiger partial charge is 0.497 e. The molecule has 2 unspecified atom stereocenters. The number of nitrogens with one attached hydrogen (secondary N) is 1. The maximum atomic E-state index is 13.0. The molecule has 0 radical (unpaired) electrons. The molecule has 1 aromatic rings. The van der Waals surface area contributed by atoms with Crippen molar-refractivity contribution in [3.63, 3.8) is 0 Å². The summed E-state index contributed by atoms with van der Waals surface area (Å²) in [6.45, 7) is 17.5. The van der Waals surface area contributed by atoms with Gasteiger partial charge in [0.15, 0.2) is 0 Å². The van der Waals surface area contributed by atoms with Gasteiger partial charge in [0.1, 0.15) is 5.75 Å². The molecule has 9 atom stereocenters. The van der Waals surface area contributed by atoms with Gasteiger partial charge >= 0.3 is 5.97 Å².